The molecule has 0 saturated heterocycles. The van der Waals surface area contributed by atoms with Gasteiger partial charge in [-0.2, -0.15) is 0 Å². The molecular formula is C19H27N. The van der Waals surface area contributed by atoms with Crippen molar-refractivity contribution in [3.8, 4) is 0 Å². The molecule has 0 heterocycles. The summed E-state index contributed by atoms with van der Waals surface area (Å²) in [5, 5.41) is 3.64. The molecule has 5 rings (SSSR count). The maximum Gasteiger partial charge on any atom is 0.0121 e. The van der Waals surface area contributed by atoms with E-state index in [-0.39, 0.29) is 0 Å². The highest BCUT2D eigenvalue weighted by molar-refractivity contribution is 5.37. The molecule has 4 fully saturated rings. The summed E-state index contributed by atoms with van der Waals surface area (Å²) in [6, 6.07) is 8.07. The fourth-order valence-corrected chi connectivity index (χ4v) is 5.92. The molecule has 2 unspecified atom stereocenters. The second-order valence-electron chi connectivity index (χ2n) is 7.86. The van der Waals surface area contributed by atoms with E-state index in [1.54, 1.807) is 5.56 Å². The van der Waals surface area contributed by atoms with Gasteiger partial charge in [0.1, 0.15) is 0 Å². The van der Waals surface area contributed by atoms with Crippen molar-refractivity contribution in [2.24, 2.45) is 17.8 Å². The van der Waals surface area contributed by atoms with E-state index >= 15 is 0 Å². The van der Waals surface area contributed by atoms with Gasteiger partial charge in [-0.1, -0.05) is 18.2 Å². The summed E-state index contributed by atoms with van der Waals surface area (Å²) in [5.74, 6) is 2.85. The third-order valence-corrected chi connectivity index (χ3v) is 6.73. The molecule has 0 aromatic heterocycles. The van der Waals surface area contributed by atoms with E-state index in [0.717, 1.165) is 23.8 Å². The molecular weight excluding hydrogens is 242 g/mol. The van der Waals surface area contributed by atoms with Crippen molar-refractivity contribution in [2.45, 2.75) is 57.4 Å². The Kier molecular flexibility index (Phi) is 2.79. The quantitative estimate of drug-likeness (QED) is 0.856. The van der Waals surface area contributed by atoms with Crippen LogP contribution in [0.4, 0.5) is 0 Å². The van der Waals surface area contributed by atoms with E-state index < -0.39 is 0 Å². The van der Waals surface area contributed by atoms with Crippen LogP contribution in [0.5, 0.6) is 0 Å². The predicted molar refractivity (Wildman–Crippen MR) is 84.0 cm³/mol. The SMILES string of the molecule is CNC1C2CC3CC1CC(c1ccc(C)c(C)c1)(C3)C2. The Morgan fingerprint density at radius 3 is 2.30 bits per heavy atom. The Morgan fingerprint density at radius 2 is 1.70 bits per heavy atom. The van der Waals surface area contributed by atoms with Gasteiger partial charge in [-0.25, -0.2) is 0 Å². The molecule has 1 nitrogen and oxygen atoms in total. The van der Waals surface area contributed by atoms with Crippen molar-refractivity contribution >= 4 is 0 Å². The van der Waals surface area contributed by atoms with E-state index in [2.05, 4.69) is 44.4 Å². The smallest absolute Gasteiger partial charge is 0.0121 e. The molecule has 20 heavy (non-hydrogen) atoms. The first-order valence-electron chi connectivity index (χ1n) is 8.36. The Bertz CT molecular complexity index is 517. The monoisotopic (exact) mass is 269 g/mol. The summed E-state index contributed by atoms with van der Waals surface area (Å²) in [4.78, 5) is 0. The van der Waals surface area contributed by atoms with E-state index in [1.807, 2.05) is 0 Å². The first-order valence-corrected chi connectivity index (χ1v) is 8.36. The van der Waals surface area contributed by atoms with Crippen molar-refractivity contribution in [1.29, 1.82) is 0 Å². The fourth-order valence-electron chi connectivity index (χ4n) is 5.92. The van der Waals surface area contributed by atoms with Crippen molar-refractivity contribution in [1.82, 2.24) is 5.32 Å². The third-order valence-electron chi connectivity index (χ3n) is 6.73. The van der Waals surface area contributed by atoms with Gasteiger partial charge in [0.2, 0.25) is 0 Å². The van der Waals surface area contributed by atoms with Gasteiger partial charge in [-0.05, 0) is 92.9 Å². The van der Waals surface area contributed by atoms with Crippen LogP contribution in [-0.2, 0) is 5.41 Å². The zero-order valence-electron chi connectivity index (χ0n) is 13.1. The van der Waals surface area contributed by atoms with Crippen molar-refractivity contribution in [2.75, 3.05) is 7.05 Å². The van der Waals surface area contributed by atoms with Gasteiger partial charge in [0.15, 0.2) is 0 Å². The minimum atomic E-state index is 0.516. The minimum absolute atomic E-state index is 0.516. The molecule has 1 aromatic rings. The molecule has 4 aliphatic rings. The Balaban J connectivity index is 1.73. The van der Waals surface area contributed by atoms with E-state index in [0.29, 0.717) is 5.41 Å². The second kappa shape index (κ2) is 4.34. The van der Waals surface area contributed by atoms with Crippen LogP contribution in [-0.4, -0.2) is 13.1 Å². The number of benzene rings is 1. The molecule has 4 bridgehead atoms. The van der Waals surface area contributed by atoms with E-state index in [4.69, 9.17) is 0 Å². The summed E-state index contributed by atoms with van der Waals surface area (Å²) in [7, 11) is 2.18. The first-order chi connectivity index (χ1) is 9.61. The Hall–Kier alpha value is -0.820. The lowest BCUT2D eigenvalue weighted by Gasteiger charge is -2.60. The van der Waals surface area contributed by atoms with Crippen LogP contribution in [0.3, 0.4) is 0 Å². The number of nitrogens with one attached hydrogen (secondary N) is 1. The highest BCUT2D eigenvalue weighted by atomic mass is 14.9. The molecule has 1 aromatic carbocycles. The highest BCUT2D eigenvalue weighted by Gasteiger charge is 2.55. The van der Waals surface area contributed by atoms with Crippen molar-refractivity contribution in [3.63, 3.8) is 0 Å². The summed E-state index contributed by atoms with van der Waals surface area (Å²) >= 11 is 0. The maximum absolute atomic E-state index is 3.64. The number of rotatable bonds is 2. The standard InChI is InChI=1S/C19H27N/c1-12-4-5-17(6-13(12)2)19-9-14-7-15(10-19)18(20-3)16(8-14)11-19/h4-6,14-16,18,20H,7-11H2,1-3H3. The van der Waals surface area contributed by atoms with E-state index in [9.17, 15) is 0 Å². The molecule has 0 aliphatic heterocycles. The average molecular weight is 269 g/mol. The predicted octanol–water partition coefficient (Wildman–Crippen LogP) is 3.97. The van der Waals surface area contributed by atoms with Crippen LogP contribution in [0.25, 0.3) is 0 Å². The van der Waals surface area contributed by atoms with E-state index in [1.165, 1.54) is 43.2 Å². The minimum Gasteiger partial charge on any atom is -0.316 e. The molecule has 0 amide bonds. The summed E-state index contributed by atoms with van der Waals surface area (Å²) in [5.41, 5.74) is 5.08. The zero-order valence-corrected chi connectivity index (χ0v) is 13.1. The largest absolute Gasteiger partial charge is 0.316 e. The van der Waals surface area contributed by atoms with Crippen LogP contribution < -0.4 is 5.32 Å². The van der Waals surface area contributed by atoms with Gasteiger partial charge in [0.05, 0.1) is 0 Å². The Labute approximate surface area is 123 Å². The molecule has 0 spiro atoms. The normalized spacial score (nSPS) is 42.1. The van der Waals surface area contributed by atoms with Crippen LogP contribution in [0.15, 0.2) is 18.2 Å². The third kappa shape index (κ3) is 1.72. The van der Waals surface area contributed by atoms with Gasteiger partial charge in [0.25, 0.3) is 0 Å². The number of hydrogen-bond donors (Lipinski definition) is 1. The number of hydrogen-bond acceptors (Lipinski definition) is 1. The van der Waals surface area contributed by atoms with Crippen molar-refractivity contribution in [3.05, 3.63) is 34.9 Å². The number of aryl methyl sites for hydroxylation is 2. The first kappa shape index (κ1) is 12.9. The zero-order chi connectivity index (χ0) is 13.9. The lowest BCUT2D eigenvalue weighted by molar-refractivity contribution is -0.0326. The summed E-state index contributed by atoms with van der Waals surface area (Å²) in [6.07, 6.45) is 7.27. The molecule has 0 radical (unpaired) electrons. The highest BCUT2D eigenvalue weighted by Crippen LogP contribution is 2.60. The topological polar surface area (TPSA) is 12.0 Å². The lowest BCUT2D eigenvalue weighted by atomic mass is 9.46. The van der Waals surface area contributed by atoms with Gasteiger partial charge in [-0.3, -0.25) is 0 Å². The van der Waals surface area contributed by atoms with Crippen LogP contribution in [0.1, 0.15) is 48.8 Å². The van der Waals surface area contributed by atoms with Crippen LogP contribution in [0, 0.1) is 31.6 Å². The molecule has 1 heteroatoms. The summed E-state index contributed by atoms with van der Waals surface area (Å²) < 4.78 is 0. The molecule has 108 valence electrons. The molecule has 4 saturated carbocycles. The van der Waals surface area contributed by atoms with Crippen LogP contribution in [0.2, 0.25) is 0 Å². The molecule has 2 atom stereocenters. The van der Waals surface area contributed by atoms with Gasteiger partial charge in [-0.15, -0.1) is 0 Å². The molecule has 1 N–H and O–H groups in total. The van der Waals surface area contributed by atoms with Gasteiger partial charge in [0, 0.05) is 6.04 Å². The maximum atomic E-state index is 3.64. The van der Waals surface area contributed by atoms with Gasteiger partial charge < -0.3 is 5.32 Å². The van der Waals surface area contributed by atoms with Crippen LogP contribution >= 0.6 is 0 Å². The van der Waals surface area contributed by atoms with Gasteiger partial charge >= 0.3 is 0 Å². The summed E-state index contributed by atoms with van der Waals surface area (Å²) in [6.45, 7) is 4.51. The lowest BCUT2D eigenvalue weighted by Crippen LogP contribution is -2.59. The Morgan fingerprint density at radius 1 is 1.00 bits per heavy atom. The second-order valence-corrected chi connectivity index (χ2v) is 7.86. The average Bonchev–Trinajstić information content (AvgIpc) is 2.41. The van der Waals surface area contributed by atoms with Crippen molar-refractivity contribution < 1.29 is 0 Å². The fraction of sp³-hybridized carbons (Fsp3) is 0.684. The molecule has 4 aliphatic carbocycles.